The van der Waals surface area contributed by atoms with Gasteiger partial charge in [-0.3, -0.25) is 4.57 Å². The van der Waals surface area contributed by atoms with E-state index in [4.69, 9.17) is 0 Å². The van der Waals surface area contributed by atoms with Crippen LogP contribution in [0, 0.1) is 10.1 Å². The van der Waals surface area contributed by atoms with Crippen molar-refractivity contribution in [1.29, 1.82) is 0 Å². The summed E-state index contributed by atoms with van der Waals surface area (Å²) in [6, 6.07) is 0. The van der Waals surface area contributed by atoms with Crippen molar-refractivity contribution in [2.24, 2.45) is 14.1 Å². The number of sulfone groups is 1. The highest BCUT2D eigenvalue weighted by Gasteiger charge is 2.27. The summed E-state index contributed by atoms with van der Waals surface area (Å²) in [6.07, 6.45) is 1.08. The fraction of sp³-hybridized carbons (Fsp3) is 0.444. The van der Waals surface area contributed by atoms with Crippen molar-refractivity contribution in [3.63, 3.8) is 0 Å². The molecule has 0 radical (unpaired) electrons. The van der Waals surface area contributed by atoms with Crippen molar-refractivity contribution in [2.45, 2.75) is 12.1 Å². The molecule has 0 amide bonds. The van der Waals surface area contributed by atoms with E-state index in [0.29, 0.717) is 0 Å². The molecule has 0 N–H and O–H groups in total. The Balaban J connectivity index is 2.59. The molecule has 11 heteroatoms. The van der Waals surface area contributed by atoms with E-state index in [0.717, 1.165) is 6.20 Å². The van der Waals surface area contributed by atoms with Crippen LogP contribution in [-0.2, 0) is 23.9 Å². The Morgan fingerprint density at radius 2 is 1.90 bits per heavy atom. The van der Waals surface area contributed by atoms with Gasteiger partial charge < -0.3 is 10.1 Å². The summed E-state index contributed by atoms with van der Waals surface area (Å²) in [5.74, 6) is -0.0144. The van der Waals surface area contributed by atoms with Gasteiger partial charge in [-0.2, -0.15) is 0 Å². The van der Waals surface area contributed by atoms with Crippen molar-refractivity contribution >= 4 is 15.7 Å². The summed E-state index contributed by atoms with van der Waals surface area (Å²) in [5.41, 5.74) is 0. The lowest BCUT2D eigenvalue weighted by molar-refractivity contribution is -0.391. The van der Waals surface area contributed by atoms with E-state index in [2.05, 4.69) is 15.2 Å². The van der Waals surface area contributed by atoms with Crippen LogP contribution < -0.4 is 0 Å². The SMILES string of the molecule is CCS(=O)(=O)c1nnc(-c2ncc([N+](=O)[O-])n2C)n1C. The molecule has 0 fully saturated rings. The Morgan fingerprint density at radius 3 is 2.40 bits per heavy atom. The second-order valence-electron chi connectivity index (χ2n) is 4.02. The molecule has 0 saturated carbocycles. The molecular formula is C9H12N6O4S. The van der Waals surface area contributed by atoms with E-state index >= 15 is 0 Å². The number of rotatable bonds is 4. The maximum Gasteiger partial charge on any atom is 0.343 e. The Labute approximate surface area is 114 Å². The molecule has 2 rings (SSSR count). The number of imidazole rings is 1. The number of hydrogen-bond donors (Lipinski definition) is 0. The normalized spacial score (nSPS) is 11.8. The molecule has 10 nitrogen and oxygen atoms in total. The minimum Gasteiger partial charge on any atom is -0.358 e. The fourth-order valence-electron chi connectivity index (χ4n) is 1.69. The smallest absolute Gasteiger partial charge is 0.343 e. The predicted molar refractivity (Wildman–Crippen MR) is 67.6 cm³/mol. The first-order chi connectivity index (χ1) is 9.29. The van der Waals surface area contributed by atoms with Crippen molar-refractivity contribution in [2.75, 3.05) is 5.75 Å². The first kappa shape index (κ1) is 14.1. The van der Waals surface area contributed by atoms with Crippen molar-refractivity contribution in [3.05, 3.63) is 16.3 Å². The third kappa shape index (κ3) is 2.05. The lowest BCUT2D eigenvalue weighted by Gasteiger charge is -2.02. The zero-order valence-electron chi connectivity index (χ0n) is 11.0. The number of nitrogens with zero attached hydrogens (tertiary/aromatic N) is 6. The van der Waals surface area contributed by atoms with Crippen LogP contribution in [0.3, 0.4) is 0 Å². The van der Waals surface area contributed by atoms with Gasteiger partial charge in [0.2, 0.25) is 20.8 Å². The van der Waals surface area contributed by atoms with Crippen LogP contribution in [0.15, 0.2) is 11.4 Å². The molecule has 20 heavy (non-hydrogen) atoms. The van der Waals surface area contributed by atoms with E-state index in [-0.39, 0.29) is 28.4 Å². The number of nitro groups is 1. The van der Waals surface area contributed by atoms with Crippen LogP contribution in [0.25, 0.3) is 11.6 Å². The quantitative estimate of drug-likeness (QED) is 0.570. The molecule has 0 aliphatic heterocycles. The first-order valence-electron chi connectivity index (χ1n) is 5.58. The van der Waals surface area contributed by atoms with Gasteiger partial charge in [0.1, 0.15) is 6.20 Å². The monoisotopic (exact) mass is 300 g/mol. The number of aromatic nitrogens is 5. The molecular weight excluding hydrogens is 288 g/mol. The number of hydrogen-bond acceptors (Lipinski definition) is 7. The predicted octanol–water partition coefficient (Wildman–Crippen LogP) is -0.0826. The molecule has 2 aromatic heterocycles. The Morgan fingerprint density at radius 1 is 1.25 bits per heavy atom. The Hall–Kier alpha value is -2.30. The molecule has 0 aliphatic carbocycles. The van der Waals surface area contributed by atoms with Crippen LogP contribution in [0.5, 0.6) is 0 Å². The minimum absolute atomic E-state index is 0.111. The maximum atomic E-state index is 11.8. The van der Waals surface area contributed by atoms with Gasteiger partial charge in [0.05, 0.1) is 12.8 Å². The fourth-order valence-corrected chi connectivity index (χ4v) is 2.61. The minimum atomic E-state index is -3.52. The molecule has 108 valence electrons. The lowest BCUT2D eigenvalue weighted by Crippen LogP contribution is -2.11. The van der Waals surface area contributed by atoms with Crippen LogP contribution >= 0.6 is 0 Å². The Kier molecular flexibility index (Phi) is 3.29. The van der Waals surface area contributed by atoms with Crippen LogP contribution in [0.2, 0.25) is 0 Å². The standard InChI is InChI=1S/C9H12N6O4S/c1-4-20(18,19)9-12-11-8(14(9)3)7-10-5-6(13(7)2)15(16)17/h5H,4H2,1-3H3. The summed E-state index contributed by atoms with van der Waals surface area (Å²) >= 11 is 0. The molecule has 0 atom stereocenters. The van der Waals surface area contributed by atoms with E-state index in [1.165, 1.54) is 30.2 Å². The van der Waals surface area contributed by atoms with Gasteiger partial charge in [-0.05, 0) is 4.92 Å². The van der Waals surface area contributed by atoms with Gasteiger partial charge in [-0.15, -0.1) is 10.2 Å². The second-order valence-corrected chi connectivity index (χ2v) is 6.20. The molecule has 0 bridgehead atoms. The summed E-state index contributed by atoms with van der Waals surface area (Å²) < 4.78 is 26.1. The summed E-state index contributed by atoms with van der Waals surface area (Å²) in [6.45, 7) is 1.50. The first-order valence-corrected chi connectivity index (χ1v) is 7.23. The van der Waals surface area contributed by atoms with Gasteiger partial charge in [-0.25, -0.2) is 18.0 Å². The molecule has 0 aromatic carbocycles. The molecule has 0 unspecified atom stereocenters. The van der Waals surface area contributed by atoms with E-state index in [9.17, 15) is 18.5 Å². The zero-order chi connectivity index (χ0) is 15.1. The second kappa shape index (κ2) is 4.67. The van der Waals surface area contributed by atoms with Crippen molar-refractivity contribution < 1.29 is 13.3 Å². The Bertz CT molecular complexity index is 774. The molecule has 2 heterocycles. The summed E-state index contributed by atoms with van der Waals surface area (Å²) in [5, 5.41) is 18.0. The lowest BCUT2D eigenvalue weighted by atomic mass is 10.5. The summed E-state index contributed by atoms with van der Waals surface area (Å²) in [7, 11) is -0.602. The van der Waals surface area contributed by atoms with Crippen LogP contribution in [0.4, 0.5) is 5.82 Å². The van der Waals surface area contributed by atoms with Crippen molar-refractivity contribution in [1.82, 2.24) is 24.3 Å². The van der Waals surface area contributed by atoms with Gasteiger partial charge in [0.15, 0.2) is 0 Å². The van der Waals surface area contributed by atoms with Gasteiger partial charge >= 0.3 is 5.82 Å². The van der Waals surface area contributed by atoms with Gasteiger partial charge in [0, 0.05) is 7.05 Å². The maximum absolute atomic E-state index is 11.8. The summed E-state index contributed by atoms with van der Waals surface area (Å²) in [4.78, 5) is 14.1. The van der Waals surface area contributed by atoms with Crippen molar-refractivity contribution in [3.8, 4) is 11.6 Å². The van der Waals surface area contributed by atoms with E-state index in [1.54, 1.807) is 0 Å². The van der Waals surface area contributed by atoms with E-state index < -0.39 is 14.8 Å². The average molecular weight is 300 g/mol. The topological polar surface area (TPSA) is 126 Å². The largest absolute Gasteiger partial charge is 0.358 e. The zero-order valence-corrected chi connectivity index (χ0v) is 11.8. The van der Waals surface area contributed by atoms with Gasteiger partial charge in [0.25, 0.3) is 5.82 Å². The van der Waals surface area contributed by atoms with Crippen LogP contribution in [0.1, 0.15) is 6.92 Å². The van der Waals surface area contributed by atoms with Crippen LogP contribution in [-0.4, -0.2) is 43.4 Å². The third-order valence-corrected chi connectivity index (χ3v) is 4.52. The molecule has 0 saturated heterocycles. The highest BCUT2D eigenvalue weighted by molar-refractivity contribution is 7.91. The average Bonchev–Trinajstić information content (AvgIpc) is 2.93. The molecule has 0 aliphatic rings. The highest BCUT2D eigenvalue weighted by atomic mass is 32.2. The molecule has 2 aromatic rings. The molecule has 0 spiro atoms. The third-order valence-electron chi connectivity index (χ3n) is 2.84. The van der Waals surface area contributed by atoms with E-state index in [1.807, 2.05) is 0 Å². The highest BCUT2D eigenvalue weighted by Crippen LogP contribution is 2.22. The van der Waals surface area contributed by atoms with Gasteiger partial charge in [-0.1, -0.05) is 6.92 Å².